The fourth-order valence-electron chi connectivity index (χ4n) is 5.14. The first kappa shape index (κ1) is 23.0. The number of amides is 1. The number of rotatable bonds is 7. The van der Waals surface area contributed by atoms with E-state index < -0.39 is 0 Å². The summed E-state index contributed by atoms with van der Waals surface area (Å²) in [5, 5.41) is 6.47. The molecular formula is C27H29FN4O4. The van der Waals surface area contributed by atoms with Gasteiger partial charge in [0.25, 0.3) is 5.91 Å². The fourth-order valence-corrected chi connectivity index (χ4v) is 5.14. The van der Waals surface area contributed by atoms with Crippen LogP contribution in [0.3, 0.4) is 0 Å². The molecule has 6 rings (SSSR count). The lowest BCUT2D eigenvalue weighted by Gasteiger charge is -2.23. The average molecular weight is 493 g/mol. The molecular weight excluding hydrogens is 463 g/mol. The highest BCUT2D eigenvalue weighted by Gasteiger charge is 2.51. The number of aromatic amines is 1. The second-order valence-electron chi connectivity index (χ2n) is 9.58. The topological polar surface area (TPSA) is 97.5 Å². The van der Waals surface area contributed by atoms with E-state index in [2.05, 4.69) is 20.6 Å². The number of hydrogen-bond donors (Lipinski definition) is 3. The van der Waals surface area contributed by atoms with Crippen molar-refractivity contribution in [1.29, 1.82) is 0 Å². The van der Waals surface area contributed by atoms with Crippen molar-refractivity contribution in [3.05, 3.63) is 59.3 Å². The zero-order valence-corrected chi connectivity index (χ0v) is 20.2. The Balaban J connectivity index is 1.44. The first-order valence-corrected chi connectivity index (χ1v) is 12.5. The molecule has 8 nitrogen and oxygen atoms in total. The lowest BCUT2D eigenvalue weighted by atomic mass is 9.93. The third-order valence-corrected chi connectivity index (χ3v) is 7.29. The molecule has 1 aromatic carbocycles. The highest BCUT2D eigenvalue weighted by Crippen LogP contribution is 2.54. The SMILES string of the molecule is CCc1c(F)cccc1Nc1c(-c2ccncc2OCC2COCCO2)[nH]c2c1C(=O)NCC21CC1. The third-order valence-electron chi connectivity index (χ3n) is 7.29. The van der Waals surface area contributed by atoms with Gasteiger partial charge < -0.3 is 29.8 Å². The zero-order valence-electron chi connectivity index (χ0n) is 20.2. The molecule has 1 atom stereocenters. The maximum atomic E-state index is 14.6. The number of carbonyl (C=O) groups is 1. The Morgan fingerprint density at radius 3 is 2.94 bits per heavy atom. The van der Waals surface area contributed by atoms with Crippen LogP contribution in [0.4, 0.5) is 15.8 Å². The van der Waals surface area contributed by atoms with Gasteiger partial charge in [-0.25, -0.2) is 4.39 Å². The van der Waals surface area contributed by atoms with Gasteiger partial charge in [-0.1, -0.05) is 13.0 Å². The van der Waals surface area contributed by atoms with Crippen molar-refractivity contribution in [3.63, 3.8) is 0 Å². The minimum absolute atomic E-state index is 0.0885. The minimum atomic E-state index is -0.279. The van der Waals surface area contributed by atoms with Crippen molar-refractivity contribution >= 4 is 17.3 Å². The van der Waals surface area contributed by atoms with Gasteiger partial charge in [-0.3, -0.25) is 9.78 Å². The number of aromatic nitrogens is 2. The van der Waals surface area contributed by atoms with Crippen LogP contribution < -0.4 is 15.4 Å². The minimum Gasteiger partial charge on any atom is -0.488 e. The molecule has 1 unspecified atom stereocenters. The van der Waals surface area contributed by atoms with Crippen molar-refractivity contribution in [3.8, 4) is 17.0 Å². The first-order chi connectivity index (χ1) is 17.6. The Morgan fingerprint density at radius 1 is 1.28 bits per heavy atom. The van der Waals surface area contributed by atoms with Gasteiger partial charge in [-0.2, -0.15) is 0 Å². The van der Waals surface area contributed by atoms with E-state index in [0.717, 1.165) is 24.1 Å². The molecule has 3 aromatic rings. The third kappa shape index (κ3) is 4.02. The second kappa shape index (κ2) is 9.22. The van der Waals surface area contributed by atoms with Crippen LogP contribution in [-0.4, -0.2) is 55.0 Å². The van der Waals surface area contributed by atoms with Crippen LogP contribution >= 0.6 is 0 Å². The summed E-state index contributed by atoms with van der Waals surface area (Å²) < 4.78 is 32.0. The lowest BCUT2D eigenvalue weighted by molar-refractivity contribution is -0.101. The molecule has 0 bridgehead atoms. The summed E-state index contributed by atoms with van der Waals surface area (Å²) in [5.41, 5.74) is 4.70. The van der Waals surface area contributed by atoms with Crippen LogP contribution in [0.1, 0.15) is 41.4 Å². The van der Waals surface area contributed by atoms with E-state index in [0.29, 0.717) is 73.3 Å². The number of halogens is 1. The van der Waals surface area contributed by atoms with E-state index in [1.54, 1.807) is 18.5 Å². The number of ether oxygens (including phenoxy) is 3. The van der Waals surface area contributed by atoms with Crippen molar-refractivity contribution in [1.82, 2.24) is 15.3 Å². The van der Waals surface area contributed by atoms with E-state index in [4.69, 9.17) is 14.2 Å². The van der Waals surface area contributed by atoms with Crippen molar-refractivity contribution < 1.29 is 23.4 Å². The molecule has 9 heteroatoms. The number of H-pyrrole nitrogens is 1. The molecule has 36 heavy (non-hydrogen) atoms. The Bertz CT molecular complexity index is 1300. The highest BCUT2D eigenvalue weighted by molar-refractivity contribution is 6.07. The molecule has 1 saturated heterocycles. The largest absolute Gasteiger partial charge is 0.488 e. The van der Waals surface area contributed by atoms with E-state index >= 15 is 0 Å². The molecule has 1 saturated carbocycles. The van der Waals surface area contributed by atoms with E-state index in [9.17, 15) is 9.18 Å². The summed E-state index contributed by atoms with van der Waals surface area (Å²) in [6.07, 6.45) is 5.70. The summed E-state index contributed by atoms with van der Waals surface area (Å²) in [6.45, 7) is 4.43. The monoisotopic (exact) mass is 492 g/mol. The van der Waals surface area contributed by atoms with Gasteiger partial charge in [-0.15, -0.1) is 0 Å². The maximum absolute atomic E-state index is 14.6. The predicted octanol–water partition coefficient (Wildman–Crippen LogP) is 4.09. The number of pyridine rings is 1. The lowest BCUT2D eigenvalue weighted by Crippen LogP contribution is -2.39. The predicted molar refractivity (Wildman–Crippen MR) is 132 cm³/mol. The number of anilines is 2. The van der Waals surface area contributed by atoms with Crippen molar-refractivity contribution in [2.45, 2.75) is 37.7 Å². The standard InChI is InChI=1S/C27H29FN4O4/c1-2-17-19(28)4-3-5-20(17)31-24-22-25(27(7-8-27)15-30-26(22)33)32-23(24)18-6-9-29-12-21(18)36-14-16-13-34-10-11-35-16/h3-6,9,12,16,31-32H,2,7-8,10-11,13-15H2,1H3,(H,30,33). The molecule has 3 aliphatic rings. The quantitative estimate of drug-likeness (QED) is 0.460. The molecule has 1 aliphatic carbocycles. The molecule has 2 fully saturated rings. The number of benzene rings is 1. The van der Waals surface area contributed by atoms with Gasteiger partial charge >= 0.3 is 0 Å². The molecule has 1 amide bonds. The summed E-state index contributed by atoms with van der Waals surface area (Å²) in [6, 6.07) is 6.82. The van der Waals surface area contributed by atoms with Crippen LogP contribution in [0, 0.1) is 5.82 Å². The fraction of sp³-hybridized carbons (Fsp3) is 0.407. The number of fused-ring (bicyclic) bond motifs is 2. The van der Waals surface area contributed by atoms with E-state index in [-0.39, 0.29) is 23.2 Å². The van der Waals surface area contributed by atoms with Crippen molar-refractivity contribution in [2.75, 3.05) is 38.3 Å². The van der Waals surface area contributed by atoms with Gasteiger partial charge in [0.1, 0.15) is 24.3 Å². The second-order valence-corrected chi connectivity index (χ2v) is 9.58. The number of hydrogen-bond acceptors (Lipinski definition) is 6. The molecule has 1 spiro atoms. The Morgan fingerprint density at radius 2 is 2.17 bits per heavy atom. The van der Waals surface area contributed by atoms with Crippen LogP contribution in [0.25, 0.3) is 11.3 Å². The van der Waals surface area contributed by atoms with Crippen LogP contribution in [-0.2, 0) is 21.3 Å². The number of nitrogens with zero attached hydrogens (tertiary/aromatic N) is 1. The Labute approximate surface area is 208 Å². The highest BCUT2D eigenvalue weighted by atomic mass is 19.1. The normalized spacial score (nSPS) is 20.1. The van der Waals surface area contributed by atoms with Crippen LogP contribution in [0.15, 0.2) is 36.7 Å². The Hall–Kier alpha value is -3.43. The van der Waals surface area contributed by atoms with Gasteiger partial charge in [0, 0.05) is 40.7 Å². The summed E-state index contributed by atoms with van der Waals surface area (Å²) in [5.74, 6) is 0.138. The van der Waals surface area contributed by atoms with Crippen LogP contribution in [0.2, 0.25) is 0 Å². The summed E-state index contributed by atoms with van der Waals surface area (Å²) in [4.78, 5) is 21.0. The molecule has 2 aromatic heterocycles. The molecule has 2 aliphatic heterocycles. The smallest absolute Gasteiger partial charge is 0.255 e. The summed E-state index contributed by atoms with van der Waals surface area (Å²) in [7, 11) is 0. The van der Waals surface area contributed by atoms with Gasteiger partial charge in [-0.05, 0) is 37.5 Å². The average Bonchev–Trinajstić information content (AvgIpc) is 3.58. The van der Waals surface area contributed by atoms with Crippen molar-refractivity contribution in [2.24, 2.45) is 0 Å². The Kier molecular flexibility index (Phi) is 5.89. The first-order valence-electron chi connectivity index (χ1n) is 12.5. The van der Waals surface area contributed by atoms with Gasteiger partial charge in [0.15, 0.2) is 0 Å². The summed E-state index contributed by atoms with van der Waals surface area (Å²) >= 11 is 0. The maximum Gasteiger partial charge on any atom is 0.255 e. The van der Waals surface area contributed by atoms with E-state index in [1.807, 2.05) is 19.1 Å². The van der Waals surface area contributed by atoms with Gasteiger partial charge in [0.2, 0.25) is 0 Å². The number of carbonyl (C=O) groups excluding carboxylic acids is 1. The molecule has 188 valence electrons. The van der Waals surface area contributed by atoms with E-state index in [1.165, 1.54) is 6.07 Å². The van der Waals surface area contributed by atoms with Crippen LogP contribution in [0.5, 0.6) is 5.75 Å². The molecule has 3 N–H and O–H groups in total. The zero-order chi connectivity index (χ0) is 24.7. The van der Waals surface area contributed by atoms with Gasteiger partial charge in [0.05, 0.1) is 43.0 Å². The molecule has 0 radical (unpaired) electrons. The number of nitrogens with one attached hydrogen (secondary N) is 3. The molecule has 4 heterocycles.